The second-order valence-corrected chi connectivity index (χ2v) is 9.33. The number of carbonyl (C=O) groups excluding carboxylic acids is 1. The van der Waals surface area contributed by atoms with Crippen LogP contribution in [0.4, 0.5) is 10.5 Å². The molecule has 2 amide bonds. The summed E-state index contributed by atoms with van der Waals surface area (Å²) in [6.45, 7) is 10.8. The van der Waals surface area contributed by atoms with Gasteiger partial charge in [-0.15, -0.1) is 0 Å². The van der Waals surface area contributed by atoms with Crippen LogP contribution in [0.25, 0.3) is 22.2 Å². The number of fused-ring (bicyclic) bond motifs is 1. The lowest BCUT2D eigenvalue weighted by atomic mass is 10.1. The van der Waals surface area contributed by atoms with Crippen LogP contribution < -0.4 is 15.4 Å². The highest BCUT2D eigenvalue weighted by Crippen LogP contribution is 2.35. The van der Waals surface area contributed by atoms with Gasteiger partial charge in [0.15, 0.2) is 0 Å². The molecule has 0 saturated carbocycles. The van der Waals surface area contributed by atoms with Crippen LogP contribution in [0.2, 0.25) is 0 Å². The summed E-state index contributed by atoms with van der Waals surface area (Å²) in [5.74, 6) is 0.809. The minimum Gasteiger partial charge on any atom is -0.493 e. The van der Waals surface area contributed by atoms with E-state index in [9.17, 15) is 10.1 Å². The molecule has 1 aliphatic heterocycles. The van der Waals surface area contributed by atoms with E-state index in [-0.39, 0.29) is 6.03 Å². The van der Waals surface area contributed by atoms with E-state index in [1.54, 1.807) is 5.32 Å². The SMILES string of the molecule is CCCCNC(=O)[NH2+]c1cccc(-c2c(C#N)c3ccc(OCCCN4CCOCC4)cc3n2CC)c1. The number of urea groups is 1. The Bertz CT molecular complexity index is 1240. The first-order valence-corrected chi connectivity index (χ1v) is 13.4. The number of nitrogens with zero attached hydrogens (tertiary/aromatic N) is 3. The molecule has 8 heteroatoms. The zero-order chi connectivity index (χ0) is 26.0. The number of nitrogens with two attached hydrogens (primary N) is 1. The molecule has 1 aromatic heterocycles. The Morgan fingerprint density at radius 3 is 2.76 bits per heavy atom. The van der Waals surface area contributed by atoms with Crippen LogP contribution in [0.5, 0.6) is 5.75 Å². The molecule has 3 aromatic rings. The Morgan fingerprint density at radius 1 is 1.16 bits per heavy atom. The minimum atomic E-state index is -0.0995. The quantitative estimate of drug-likeness (QED) is 0.304. The van der Waals surface area contributed by atoms with Crippen molar-refractivity contribution in [2.24, 2.45) is 0 Å². The molecule has 1 fully saturated rings. The molecule has 0 unspecified atom stereocenters. The van der Waals surface area contributed by atoms with Crippen molar-refractivity contribution in [1.82, 2.24) is 14.8 Å². The molecule has 0 aliphatic carbocycles. The number of hydrogen-bond acceptors (Lipinski definition) is 5. The monoisotopic (exact) mass is 504 g/mol. The van der Waals surface area contributed by atoms with Crippen molar-refractivity contribution in [2.45, 2.75) is 39.7 Å². The standard InChI is InChI=1S/C29H37N5O3/c1-3-5-12-31-29(35)32-23-9-6-8-22(19-23)28-26(21-30)25-11-10-24(20-27(25)34(28)4-2)37-16-7-13-33-14-17-36-18-15-33/h6,8-11,19-20H,3-5,7,12-18H2,1-2H3,(H2,31,32,35)/p+1. The fraction of sp³-hybridized carbons (Fsp3) is 0.448. The summed E-state index contributed by atoms with van der Waals surface area (Å²) in [5.41, 5.74) is 4.21. The van der Waals surface area contributed by atoms with Crippen molar-refractivity contribution >= 4 is 22.6 Å². The number of primary amides is 1. The first-order chi connectivity index (χ1) is 18.1. The third-order valence-electron chi connectivity index (χ3n) is 6.74. The Kier molecular flexibility index (Phi) is 9.55. The number of aromatic nitrogens is 1. The van der Waals surface area contributed by atoms with Crippen LogP contribution in [-0.2, 0) is 11.3 Å². The molecule has 3 N–H and O–H groups in total. The number of aryl methyl sites for hydroxylation is 1. The highest BCUT2D eigenvalue weighted by molar-refractivity contribution is 5.95. The van der Waals surface area contributed by atoms with E-state index in [1.807, 2.05) is 42.5 Å². The predicted octanol–water partition coefficient (Wildman–Crippen LogP) is 4.01. The van der Waals surface area contributed by atoms with Gasteiger partial charge in [0.1, 0.15) is 17.5 Å². The minimum absolute atomic E-state index is 0.0995. The fourth-order valence-corrected chi connectivity index (χ4v) is 4.83. The van der Waals surface area contributed by atoms with E-state index in [1.165, 1.54) is 0 Å². The average Bonchev–Trinajstić information content (AvgIpc) is 3.25. The second-order valence-electron chi connectivity index (χ2n) is 9.33. The number of carbonyl (C=O) groups is 1. The van der Waals surface area contributed by atoms with Gasteiger partial charge in [0, 0.05) is 55.8 Å². The highest BCUT2D eigenvalue weighted by atomic mass is 16.5. The predicted molar refractivity (Wildman–Crippen MR) is 145 cm³/mol. The van der Waals surface area contributed by atoms with E-state index >= 15 is 0 Å². The Hall–Kier alpha value is -3.38. The zero-order valence-electron chi connectivity index (χ0n) is 22.0. The molecule has 196 valence electrons. The summed E-state index contributed by atoms with van der Waals surface area (Å²) in [6.07, 6.45) is 2.95. The molecule has 1 aliphatic rings. The number of nitriles is 1. The van der Waals surface area contributed by atoms with Crippen LogP contribution in [0.15, 0.2) is 42.5 Å². The van der Waals surface area contributed by atoms with Crippen molar-refractivity contribution < 1.29 is 19.6 Å². The van der Waals surface area contributed by atoms with E-state index in [0.29, 0.717) is 25.3 Å². The maximum Gasteiger partial charge on any atom is 0.418 e. The lowest BCUT2D eigenvalue weighted by Gasteiger charge is -2.26. The van der Waals surface area contributed by atoms with Gasteiger partial charge in [-0.25, -0.2) is 10.1 Å². The molecule has 0 bridgehead atoms. The van der Waals surface area contributed by atoms with E-state index < -0.39 is 0 Å². The summed E-state index contributed by atoms with van der Waals surface area (Å²) in [4.78, 5) is 14.7. The number of unbranched alkanes of at least 4 members (excludes halogenated alkanes) is 1. The van der Waals surface area contributed by atoms with Gasteiger partial charge in [-0.2, -0.15) is 5.26 Å². The molecule has 2 heterocycles. The molecule has 1 saturated heterocycles. The summed E-state index contributed by atoms with van der Waals surface area (Å²) in [7, 11) is 0. The third kappa shape index (κ3) is 6.69. The topological polar surface area (TPSA) is 96.1 Å². The van der Waals surface area contributed by atoms with Gasteiger partial charge in [-0.3, -0.25) is 4.90 Å². The summed E-state index contributed by atoms with van der Waals surface area (Å²) in [6, 6.07) is 16.1. The normalized spacial score (nSPS) is 14.0. The van der Waals surface area contributed by atoms with Crippen molar-refractivity contribution in [2.75, 3.05) is 46.0 Å². The van der Waals surface area contributed by atoms with Gasteiger partial charge in [0.05, 0.1) is 36.6 Å². The molecular weight excluding hydrogens is 466 g/mol. The maximum absolute atomic E-state index is 12.3. The molecule has 8 nitrogen and oxygen atoms in total. The van der Waals surface area contributed by atoms with Crippen molar-refractivity contribution in [3.8, 4) is 23.1 Å². The number of nitrogens with one attached hydrogen (secondary N) is 1. The van der Waals surface area contributed by atoms with Crippen LogP contribution >= 0.6 is 0 Å². The first-order valence-electron chi connectivity index (χ1n) is 13.4. The van der Waals surface area contributed by atoms with Gasteiger partial charge in [-0.05, 0) is 38.0 Å². The van der Waals surface area contributed by atoms with Crippen LogP contribution in [-0.4, -0.2) is 61.5 Å². The van der Waals surface area contributed by atoms with E-state index in [2.05, 4.69) is 34.7 Å². The average molecular weight is 505 g/mol. The zero-order valence-corrected chi connectivity index (χ0v) is 22.0. The smallest absolute Gasteiger partial charge is 0.418 e. The number of benzene rings is 2. The number of amides is 2. The second kappa shape index (κ2) is 13.2. The molecular formula is C29H38N5O3+. The van der Waals surface area contributed by atoms with Crippen molar-refractivity contribution in [3.05, 3.63) is 48.0 Å². The van der Waals surface area contributed by atoms with Gasteiger partial charge < -0.3 is 19.4 Å². The molecule has 37 heavy (non-hydrogen) atoms. The van der Waals surface area contributed by atoms with Crippen molar-refractivity contribution in [1.29, 1.82) is 5.26 Å². The Labute approximate surface area is 219 Å². The lowest BCUT2D eigenvalue weighted by Crippen LogP contribution is -2.85. The molecule has 0 spiro atoms. The molecule has 0 radical (unpaired) electrons. The Morgan fingerprint density at radius 2 is 2.00 bits per heavy atom. The Balaban J connectivity index is 1.53. The largest absolute Gasteiger partial charge is 0.493 e. The summed E-state index contributed by atoms with van der Waals surface area (Å²) in [5, 5.41) is 15.6. The maximum atomic E-state index is 12.3. The van der Waals surface area contributed by atoms with Gasteiger partial charge >= 0.3 is 6.03 Å². The van der Waals surface area contributed by atoms with Crippen LogP contribution in [0, 0.1) is 11.3 Å². The fourth-order valence-electron chi connectivity index (χ4n) is 4.83. The van der Waals surface area contributed by atoms with Crippen molar-refractivity contribution in [3.63, 3.8) is 0 Å². The molecule has 2 aromatic carbocycles. The summed E-state index contributed by atoms with van der Waals surface area (Å²) < 4.78 is 13.7. The number of hydrogen-bond donors (Lipinski definition) is 2. The summed E-state index contributed by atoms with van der Waals surface area (Å²) >= 11 is 0. The van der Waals surface area contributed by atoms with Gasteiger partial charge in [0.2, 0.25) is 0 Å². The highest BCUT2D eigenvalue weighted by Gasteiger charge is 2.20. The van der Waals surface area contributed by atoms with E-state index in [4.69, 9.17) is 9.47 Å². The van der Waals surface area contributed by atoms with Crippen LogP contribution in [0.1, 0.15) is 38.7 Å². The number of morpholine rings is 1. The van der Waals surface area contributed by atoms with Gasteiger partial charge in [-0.1, -0.05) is 25.5 Å². The third-order valence-corrected chi connectivity index (χ3v) is 6.74. The van der Waals surface area contributed by atoms with Gasteiger partial charge in [0.25, 0.3) is 0 Å². The van der Waals surface area contributed by atoms with E-state index in [0.717, 1.165) is 85.7 Å². The number of quaternary nitrogens is 1. The van der Waals surface area contributed by atoms with Crippen LogP contribution in [0.3, 0.4) is 0 Å². The first kappa shape index (κ1) is 26.7. The number of ether oxygens (including phenoxy) is 2. The lowest BCUT2D eigenvalue weighted by molar-refractivity contribution is -0.464. The molecule has 0 atom stereocenters. The number of rotatable bonds is 11. The molecule has 4 rings (SSSR count).